The summed E-state index contributed by atoms with van der Waals surface area (Å²) in [5.74, 6) is 0.730. The van der Waals surface area contributed by atoms with Crippen molar-refractivity contribution >= 4 is 22.6 Å². The Morgan fingerprint density at radius 1 is 1.10 bits per heavy atom. The minimum atomic E-state index is -0.378. The quantitative estimate of drug-likeness (QED) is 0.529. The zero-order chi connectivity index (χ0) is 20.8. The topological polar surface area (TPSA) is 68.5 Å². The minimum Gasteiger partial charge on any atom is -0.484 e. The first-order valence-corrected chi connectivity index (χ1v) is 10.1. The lowest BCUT2D eigenvalue weighted by Gasteiger charge is -2.11. The Morgan fingerprint density at radius 2 is 1.86 bits per heavy atom. The van der Waals surface area contributed by atoms with E-state index in [2.05, 4.69) is 26.1 Å². The molecule has 1 aromatic heterocycles. The number of aryl methyl sites for hydroxylation is 1. The number of hydrogen-bond acceptors (Lipinski definition) is 4. The fraction of sp³-hybridized carbons (Fsp3) is 0.333. The van der Waals surface area contributed by atoms with E-state index in [1.165, 1.54) is 11.6 Å². The summed E-state index contributed by atoms with van der Waals surface area (Å²) in [5.41, 5.74) is 3.04. The van der Waals surface area contributed by atoms with E-state index in [4.69, 9.17) is 9.15 Å². The molecule has 1 amide bonds. The van der Waals surface area contributed by atoms with E-state index in [0.717, 1.165) is 35.9 Å². The van der Waals surface area contributed by atoms with Crippen LogP contribution in [0.5, 0.6) is 5.75 Å². The number of ether oxygens (including phenoxy) is 1. The van der Waals surface area contributed by atoms with Gasteiger partial charge in [0.15, 0.2) is 6.61 Å². The van der Waals surface area contributed by atoms with E-state index in [1.807, 2.05) is 30.3 Å². The molecule has 0 unspecified atom stereocenters. The summed E-state index contributed by atoms with van der Waals surface area (Å²) in [6, 6.07) is 14.7. The summed E-state index contributed by atoms with van der Waals surface area (Å²) >= 11 is 0. The van der Waals surface area contributed by atoms with Crippen LogP contribution in [0.3, 0.4) is 0 Å². The number of amides is 1. The lowest BCUT2D eigenvalue weighted by atomic mass is 9.99. The Morgan fingerprint density at radius 3 is 2.55 bits per heavy atom. The molecule has 0 aliphatic heterocycles. The molecule has 5 heteroatoms. The van der Waals surface area contributed by atoms with Crippen LogP contribution in [0.4, 0.5) is 5.69 Å². The summed E-state index contributed by atoms with van der Waals surface area (Å²) in [5, 5.41) is 3.72. The summed E-state index contributed by atoms with van der Waals surface area (Å²) in [4.78, 5) is 24.0. The highest BCUT2D eigenvalue weighted by atomic mass is 16.5. The number of benzene rings is 2. The van der Waals surface area contributed by atoms with Crippen molar-refractivity contribution in [2.24, 2.45) is 0 Å². The van der Waals surface area contributed by atoms with Gasteiger partial charge in [-0.15, -0.1) is 0 Å². The number of nitrogens with one attached hydrogen (secondary N) is 1. The van der Waals surface area contributed by atoms with Gasteiger partial charge in [0.05, 0.1) is 0 Å². The number of rotatable bonds is 8. The Labute approximate surface area is 170 Å². The van der Waals surface area contributed by atoms with Crippen LogP contribution in [0, 0.1) is 0 Å². The Balaban J connectivity index is 1.64. The van der Waals surface area contributed by atoms with Gasteiger partial charge in [-0.25, -0.2) is 4.79 Å². The fourth-order valence-corrected chi connectivity index (χ4v) is 3.25. The second-order valence-corrected chi connectivity index (χ2v) is 7.27. The molecule has 0 radical (unpaired) electrons. The molecule has 2 aromatic carbocycles. The zero-order valence-corrected chi connectivity index (χ0v) is 17.2. The Bertz CT molecular complexity index is 1040. The van der Waals surface area contributed by atoms with Crippen molar-refractivity contribution in [2.75, 3.05) is 11.9 Å². The van der Waals surface area contributed by atoms with Gasteiger partial charge in [0.1, 0.15) is 11.3 Å². The molecule has 29 heavy (non-hydrogen) atoms. The number of fused-ring (bicyclic) bond motifs is 1. The monoisotopic (exact) mass is 393 g/mol. The average molecular weight is 393 g/mol. The van der Waals surface area contributed by atoms with Crippen molar-refractivity contribution in [1.29, 1.82) is 0 Å². The van der Waals surface area contributed by atoms with Crippen molar-refractivity contribution in [3.63, 3.8) is 0 Å². The number of carbonyl (C=O) groups is 1. The highest BCUT2D eigenvalue weighted by Crippen LogP contribution is 2.24. The molecular formula is C24H27NO4. The molecule has 152 valence electrons. The minimum absolute atomic E-state index is 0.127. The average Bonchev–Trinajstić information content (AvgIpc) is 2.72. The maximum absolute atomic E-state index is 12.2. The summed E-state index contributed by atoms with van der Waals surface area (Å²) in [6.07, 6.45) is 2.82. The van der Waals surface area contributed by atoms with Crippen LogP contribution in [0.2, 0.25) is 0 Å². The van der Waals surface area contributed by atoms with Gasteiger partial charge in [-0.05, 0) is 54.2 Å². The molecule has 1 heterocycles. The zero-order valence-electron chi connectivity index (χ0n) is 17.2. The second-order valence-electron chi connectivity index (χ2n) is 7.27. The second kappa shape index (κ2) is 9.41. The molecule has 3 aromatic rings. The first kappa shape index (κ1) is 20.6. The third kappa shape index (κ3) is 5.25. The van der Waals surface area contributed by atoms with Gasteiger partial charge >= 0.3 is 5.63 Å². The van der Waals surface area contributed by atoms with Gasteiger partial charge in [-0.1, -0.05) is 39.3 Å². The summed E-state index contributed by atoms with van der Waals surface area (Å²) < 4.78 is 10.9. The lowest BCUT2D eigenvalue weighted by Crippen LogP contribution is -2.20. The fourth-order valence-electron chi connectivity index (χ4n) is 3.25. The predicted molar refractivity (Wildman–Crippen MR) is 116 cm³/mol. The van der Waals surface area contributed by atoms with E-state index in [-0.39, 0.29) is 18.1 Å². The van der Waals surface area contributed by atoms with Gasteiger partial charge in [0.25, 0.3) is 5.91 Å². The molecule has 3 rings (SSSR count). The lowest BCUT2D eigenvalue weighted by molar-refractivity contribution is -0.118. The first-order valence-electron chi connectivity index (χ1n) is 10.1. The third-order valence-electron chi connectivity index (χ3n) is 5.07. The predicted octanol–water partition coefficient (Wildman–Crippen LogP) is 5.28. The summed E-state index contributed by atoms with van der Waals surface area (Å²) in [7, 11) is 0. The van der Waals surface area contributed by atoms with Crippen molar-refractivity contribution in [3.05, 3.63) is 70.1 Å². The standard InChI is InChI=1S/C24H27NO4/c1-4-6-18-13-24(27)29-22-14-20(11-12-21(18)22)28-15-23(26)25-19-9-7-17(8-10-19)16(3)5-2/h7-14,16H,4-6,15H2,1-3H3,(H,25,26)/t16-/m0/s1. The SMILES string of the molecule is CCCc1cc(=O)oc2cc(OCC(=O)Nc3ccc([C@@H](C)CC)cc3)ccc12. The van der Waals surface area contributed by atoms with E-state index >= 15 is 0 Å². The van der Waals surface area contributed by atoms with E-state index in [9.17, 15) is 9.59 Å². The molecule has 1 atom stereocenters. The number of carbonyl (C=O) groups excluding carboxylic acids is 1. The van der Waals surface area contributed by atoms with Gasteiger partial charge in [0.2, 0.25) is 0 Å². The Hall–Kier alpha value is -3.08. The largest absolute Gasteiger partial charge is 0.484 e. The van der Waals surface area contributed by atoms with Crippen LogP contribution < -0.4 is 15.7 Å². The summed E-state index contributed by atoms with van der Waals surface area (Å²) in [6.45, 7) is 6.27. The molecule has 5 nitrogen and oxygen atoms in total. The highest BCUT2D eigenvalue weighted by molar-refractivity contribution is 5.92. The van der Waals surface area contributed by atoms with Crippen LogP contribution in [0.1, 0.15) is 50.7 Å². The van der Waals surface area contributed by atoms with E-state index in [0.29, 0.717) is 17.3 Å². The number of anilines is 1. The van der Waals surface area contributed by atoms with E-state index in [1.54, 1.807) is 12.1 Å². The smallest absolute Gasteiger partial charge is 0.336 e. The van der Waals surface area contributed by atoms with Gasteiger partial charge in [-0.2, -0.15) is 0 Å². The van der Waals surface area contributed by atoms with Gasteiger partial charge in [-0.3, -0.25) is 4.79 Å². The van der Waals surface area contributed by atoms with Gasteiger partial charge in [0, 0.05) is 23.2 Å². The van der Waals surface area contributed by atoms with Crippen LogP contribution in [0.15, 0.2) is 57.7 Å². The van der Waals surface area contributed by atoms with E-state index < -0.39 is 0 Å². The molecule has 0 spiro atoms. The molecule has 0 aliphatic rings. The van der Waals surface area contributed by atoms with Crippen molar-refractivity contribution in [1.82, 2.24) is 0 Å². The molecule has 0 aliphatic carbocycles. The van der Waals surface area contributed by atoms with Crippen molar-refractivity contribution < 1.29 is 13.9 Å². The van der Waals surface area contributed by atoms with Crippen LogP contribution in [-0.4, -0.2) is 12.5 Å². The molecule has 0 fully saturated rings. The molecule has 0 bridgehead atoms. The van der Waals surface area contributed by atoms with Crippen molar-refractivity contribution in [3.8, 4) is 5.75 Å². The van der Waals surface area contributed by atoms with Crippen molar-refractivity contribution in [2.45, 2.75) is 46.0 Å². The first-order chi connectivity index (χ1) is 14.0. The normalized spacial score (nSPS) is 12.0. The molecular weight excluding hydrogens is 366 g/mol. The van der Waals surface area contributed by atoms with Crippen LogP contribution >= 0.6 is 0 Å². The molecule has 0 saturated carbocycles. The molecule has 1 N–H and O–H groups in total. The maximum atomic E-state index is 12.2. The van der Waals surface area contributed by atoms with Crippen LogP contribution in [-0.2, 0) is 11.2 Å². The maximum Gasteiger partial charge on any atom is 0.336 e. The highest BCUT2D eigenvalue weighted by Gasteiger charge is 2.09. The number of hydrogen-bond donors (Lipinski definition) is 1. The molecule has 0 saturated heterocycles. The third-order valence-corrected chi connectivity index (χ3v) is 5.07. The Kier molecular flexibility index (Phi) is 6.70. The van der Waals surface area contributed by atoms with Crippen LogP contribution in [0.25, 0.3) is 11.0 Å². The van der Waals surface area contributed by atoms with Gasteiger partial charge < -0.3 is 14.5 Å².